The molecule has 4 aromatic rings. The third kappa shape index (κ3) is 4.91. The molecule has 0 aliphatic rings. The van der Waals surface area contributed by atoms with Crippen molar-refractivity contribution in [2.75, 3.05) is 5.32 Å². The quantitative estimate of drug-likeness (QED) is 0.442. The molecule has 0 saturated carbocycles. The Morgan fingerprint density at radius 2 is 1.97 bits per heavy atom. The van der Waals surface area contributed by atoms with Crippen LogP contribution in [0.25, 0.3) is 11.0 Å². The van der Waals surface area contributed by atoms with E-state index in [1.807, 2.05) is 60.8 Å². The topological polar surface area (TPSA) is 67.2 Å². The molecule has 29 heavy (non-hydrogen) atoms. The molecule has 0 radical (unpaired) electrons. The van der Waals surface area contributed by atoms with Crippen molar-refractivity contribution in [3.63, 3.8) is 0 Å². The van der Waals surface area contributed by atoms with Gasteiger partial charge in [-0.15, -0.1) is 11.3 Å². The average Bonchev–Trinajstić information content (AvgIpc) is 3.34. The molecule has 6 heteroatoms. The molecule has 0 bridgehead atoms. The maximum Gasteiger partial charge on any atom is 0.231 e. The van der Waals surface area contributed by atoms with Crippen LogP contribution in [0.15, 0.2) is 64.4 Å². The van der Waals surface area contributed by atoms with Gasteiger partial charge in [-0.05, 0) is 38.1 Å². The fourth-order valence-corrected chi connectivity index (χ4v) is 3.86. The Kier molecular flexibility index (Phi) is 5.74. The van der Waals surface area contributed by atoms with Crippen molar-refractivity contribution in [2.45, 2.75) is 32.9 Å². The lowest BCUT2D eigenvalue weighted by atomic mass is 10.2. The van der Waals surface area contributed by atoms with Gasteiger partial charge >= 0.3 is 0 Å². The molecule has 5 nitrogen and oxygen atoms in total. The minimum atomic E-state index is -0.0571. The number of nitrogens with one attached hydrogen (secondary N) is 2. The molecular weight excluding hydrogens is 382 g/mol. The second-order valence-electron chi connectivity index (χ2n) is 7.11. The van der Waals surface area contributed by atoms with Crippen LogP contribution in [0, 0.1) is 6.92 Å². The Hall–Kier alpha value is -2.96. The fraction of sp³-hybridized carbons (Fsp3) is 0.217. The lowest BCUT2D eigenvalue weighted by Gasteiger charge is -2.09. The second kappa shape index (κ2) is 8.59. The van der Waals surface area contributed by atoms with Gasteiger partial charge in [-0.1, -0.05) is 35.9 Å². The van der Waals surface area contributed by atoms with Crippen molar-refractivity contribution < 1.29 is 9.21 Å². The predicted molar refractivity (Wildman–Crippen MR) is 117 cm³/mol. The number of fused-ring (bicyclic) bond motifs is 1. The number of benzene rings is 2. The van der Waals surface area contributed by atoms with Crippen molar-refractivity contribution in [3.05, 3.63) is 82.0 Å². The minimum absolute atomic E-state index is 0.0571. The highest BCUT2D eigenvalue weighted by molar-refractivity contribution is 7.09. The summed E-state index contributed by atoms with van der Waals surface area (Å²) in [6.45, 7) is 4.71. The summed E-state index contributed by atoms with van der Waals surface area (Å²) in [6.07, 6.45) is 0.275. The summed E-state index contributed by atoms with van der Waals surface area (Å²) in [5.74, 6) is 0.845. The van der Waals surface area contributed by atoms with Gasteiger partial charge in [-0.3, -0.25) is 4.79 Å². The predicted octanol–water partition coefficient (Wildman–Crippen LogP) is 5.23. The number of aromatic nitrogens is 1. The Morgan fingerprint density at radius 1 is 1.17 bits per heavy atom. The summed E-state index contributed by atoms with van der Waals surface area (Å²) in [5, 5.41) is 10.3. The van der Waals surface area contributed by atoms with Crippen LogP contribution in [0.3, 0.4) is 0 Å². The van der Waals surface area contributed by atoms with E-state index < -0.39 is 0 Å². The van der Waals surface area contributed by atoms with Gasteiger partial charge in [0, 0.05) is 23.0 Å². The number of hydrogen-bond acceptors (Lipinski definition) is 5. The molecule has 1 unspecified atom stereocenters. The SMILES string of the molecule is Cc1ccc(NC(=O)Cc2nc(CNC(C)c3cc4ccccc4o3)cs2)cc1. The Labute approximate surface area is 173 Å². The lowest BCUT2D eigenvalue weighted by Crippen LogP contribution is -2.18. The number of amides is 1. The van der Waals surface area contributed by atoms with Crippen LogP contribution < -0.4 is 10.6 Å². The first kappa shape index (κ1) is 19.4. The van der Waals surface area contributed by atoms with E-state index in [1.54, 1.807) is 0 Å². The first-order valence-corrected chi connectivity index (χ1v) is 10.5. The summed E-state index contributed by atoms with van der Waals surface area (Å²) in [4.78, 5) is 16.8. The van der Waals surface area contributed by atoms with E-state index in [-0.39, 0.29) is 18.4 Å². The summed E-state index contributed by atoms with van der Waals surface area (Å²) in [7, 11) is 0. The number of carbonyl (C=O) groups excluding carboxylic acids is 1. The van der Waals surface area contributed by atoms with Gasteiger partial charge in [-0.2, -0.15) is 0 Å². The zero-order valence-electron chi connectivity index (χ0n) is 16.4. The van der Waals surface area contributed by atoms with Gasteiger partial charge in [0.25, 0.3) is 0 Å². The van der Waals surface area contributed by atoms with Gasteiger partial charge in [0.2, 0.25) is 5.91 Å². The van der Waals surface area contributed by atoms with Crippen molar-refractivity contribution in [3.8, 4) is 0 Å². The van der Waals surface area contributed by atoms with E-state index in [0.717, 1.165) is 38.7 Å². The summed E-state index contributed by atoms with van der Waals surface area (Å²) in [5.41, 5.74) is 3.79. The zero-order chi connectivity index (χ0) is 20.2. The Balaban J connectivity index is 1.30. The molecule has 2 aromatic carbocycles. The number of hydrogen-bond donors (Lipinski definition) is 2. The third-order valence-electron chi connectivity index (χ3n) is 4.71. The van der Waals surface area contributed by atoms with Crippen molar-refractivity contribution in [2.24, 2.45) is 0 Å². The van der Waals surface area contributed by atoms with Crippen LogP contribution in [-0.2, 0) is 17.8 Å². The largest absolute Gasteiger partial charge is 0.459 e. The molecule has 0 fully saturated rings. The smallest absolute Gasteiger partial charge is 0.231 e. The standard InChI is InChI=1S/C23H23N3O2S/c1-15-7-9-18(10-8-15)25-22(27)12-23-26-19(14-29-23)13-24-16(2)21-11-17-5-3-4-6-20(17)28-21/h3-11,14,16,24H,12-13H2,1-2H3,(H,25,27). The number of carbonyl (C=O) groups is 1. The molecule has 1 amide bonds. The van der Waals surface area contributed by atoms with Crippen molar-refractivity contribution >= 4 is 33.9 Å². The first-order valence-electron chi connectivity index (χ1n) is 9.58. The first-order chi connectivity index (χ1) is 14.1. The minimum Gasteiger partial charge on any atom is -0.459 e. The molecule has 0 spiro atoms. The molecule has 1 atom stereocenters. The number of aryl methyl sites for hydroxylation is 1. The van der Waals surface area contributed by atoms with Gasteiger partial charge in [0.1, 0.15) is 16.4 Å². The van der Waals surface area contributed by atoms with Gasteiger partial charge in [-0.25, -0.2) is 4.98 Å². The van der Waals surface area contributed by atoms with E-state index >= 15 is 0 Å². The molecule has 2 heterocycles. The zero-order valence-corrected chi connectivity index (χ0v) is 17.3. The molecule has 0 aliphatic heterocycles. The van der Waals surface area contributed by atoms with Crippen LogP contribution >= 0.6 is 11.3 Å². The highest BCUT2D eigenvalue weighted by atomic mass is 32.1. The summed E-state index contributed by atoms with van der Waals surface area (Å²) in [6, 6.07) is 17.9. The van der Waals surface area contributed by atoms with Crippen LogP contribution in [0.1, 0.15) is 35.0 Å². The molecule has 2 aromatic heterocycles. The van der Waals surface area contributed by atoms with Crippen LogP contribution in [0.4, 0.5) is 5.69 Å². The maximum atomic E-state index is 12.2. The van der Waals surface area contributed by atoms with Gasteiger partial charge in [0.05, 0.1) is 18.2 Å². The Morgan fingerprint density at radius 3 is 2.76 bits per heavy atom. The number of nitrogens with zero attached hydrogens (tertiary/aromatic N) is 1. The average molecular weight is 406 g/mol. The normalized spacial score (nSPS) is 12.2. The van der Waals surface area contributed by atoms with E-state index in [9.17, 15) is 4.79 Å². The Bertz CT molecular complexity index is 1080. The van der Waals surface area contributed by atoms with E-state index in [4.69, 9.17) is 4.42 Å². The number of para-hydroxylation sites is 1. The van der Waals surface area contributed by atoms with Crippen molar-refractivity contribution in [1.29, 1.82) is 0 Å². The number of rotatable bonds is 7. The highest BCUT2D eigenvalue weighted by Crippen LogP contribution is 2.24. The molecular formula is C23H23N3O2S. The van der Waals surface area contributed by atoms with Crippen LogP contribution in [0.2, 0.25) is 0 Å². The van der Waals surface area contributed by atoms with Crippen molar-refractivity contribution in [1.82, 2.24) is 10.3 Å². The number of furan rings is 1. The maximum absolute atomic E-state index is 12.2. The molecule has 0 saturated heterocycles. The van der Waals surface area contributed by atoms with Crippen LogP contribution in [-0.4, -0.2) is 10.9 Å². The number of thiazole rings is 1. The highest BCUT2D eigenvalue weighted by Gasteiger charge is 2.13. The molecule has 148 valence electrons. The van der Waals surface area contributed by atoms with E-state index in [1.165, 1.54) is 11.3 Å². The molecule has 4 rings (SSSR count). The summed E-state index contributed by atoms with van der Waals surface area (Å²) >= 11 is 1.51. The number of anilines is 1. The van der Waals surface area contributed by atoms with E-state index in [0.29, 0.717) is 6.54 Å². The fourth-order valence-electron chi connectivity index (χ4n) is 3.06. The lowest BCUT2D eigenvalue weighted by molar-refractivity contribution is -0.115. The summed E-state index contributed by atoms with van der Waals surface area (Å²) < 4.78 is 5.91. The third-order valence-corrected chi connectivity index (χ3v) is 5.60. The van der Waals surface area contributed by atoms with Gasteiger partial charge in [0.15, 0.2) is 0 Å². The second-order valence-corrected chi connectivity index (χ2v) is 8.06. The van der Waals surface area contributed by atoms with Crippen LogP contribution in [0.5, 0.6) is 0 Å². The monoisotopic (exact) mass is 405 g/mol. The molecule has 2 N–H and O–H groups in total. The molecule has 0 aliphatic carbocycles. The van der Waals surface area contributed by atoms with Gasteiger partial charge < -0.3 is 15.1 Å². The van der Waals surface area contributed by atoms with E-state index in [2.05, 4.69) is 28.6 Å².